The monoisotopic (exact) mass is 281 g/mol. The average molecular weight is 281 g/mol. The van der Waals surface area contributed by atoms with E-state index in [2.05, 4.69) is 9.59 Å². The number of rotatable bonds is 2. The third kappa shape index (κ3) is 1.49. The van der Waals surface area contributed by atoms with Gasteiger partial charge in [0.05, 0.1) is 16.1 Å². The fourth-order valence-corrected chi connectivity index (χ4v) is 3.50. The van der Waals surface area contributed by atoms with Gasteiger partial charge in [0.15, 0.2) is 0 Å². The minimum absolute atomic E-state index is 0.0475. The van der Waals surface area contributed by atoms with Crippen LogP contribution in [0.4, 0.5) is 0 Å². The van der Waals surface area contributed by atoms with Crippen molar-refractivity contribution in [3.8, 4) is 0 Å². The minimum atomic E-state index is -1.08. The van der Waals surface area contributed by atoms with E-state index in [9.17, 15) is 9.59 Å². The molecule has 92 valence electrons. The molecule has 2 aliphatic rings. The number of fused-ring (bicyclic) bond motifs is 1. The minimum Gasteiger partial charge on any atom is -0.477 e. The number of aliphatic carboxylic acids is 1. The highest BCUT2D eigenvalue weighted by Gasteiger charge is 2.49. The Balaban J connectivity index is 1.89. The molecule has 0 aromatic carbocycles. The van der Waals surface area contributed by atoms with Gasteiger partial charge in [0, 0.05) is 5.41 Å². The summed E-state index contributed by atoms with van der Waals surface area (Å²) in [6.07, 6.45) is 1.75. The predicted octanol–water partition coefficient (Wildman–Crippen LogP) is 1.07. The Labute approximate surface area is 110 Å². The van der Waals surface area contributed by atoms with Crippen LogP contribution in [0.5, 0.6) is 0 Å². The molecule has 2 aliphatic heterocycles. The Hall–Kier alpha value is -1.67. The molecule has 0 radical (unpaired) electrons. The van der Waals surface area contributed by atoms with Crippen molar-refractivity contribution in [1.82, 2.24) is 14.5 Å². The Kier molecular flexibility index (Phi) is 2.49. The van der Waals surface area contributed by atoms with Crippen LogP contribution in [0.2, 0.25) is 0 Å². The summed E-state index contributed by atoms with van der Waals surface area (Å²) in [7, 11) is 0. The van der Waals surface area contributed by atoms with Gasteiger partial charge in [-0.25, -0.2) is 4.79 Å². The number of nitrogens with zero attached hydrogens (tertiary/aromatic N) is 3. The van der Waals surface area contributed by atoms with Crippen molar-refractivity contribution in [3.05, 3.63) is 27.2 Å². The van der Waals surface area contributed by atoms with Crippen molar-refractivity contribution in [1.29, 1.82) is 0 Å². The summed E-state index contributed by atoms with van der Waals surface area (Å²) < 4.78 is 3.80. The van der Waals surface area contributed by atoms with E-state index in [-0.39, 0.29) is 17.0 Å². The lowest BCUT2D eigenvalue weighted by molar-refractivity contribution is -0.141. The normalized spacial score (nSPS) is 23.9. The lowest BCUT2D eigenvalue weighted by Crippen LogP contribution is -2.51. The highest BCUT2D eigenvalue weighted by molar-refractivity contribution is 8.03. The van der Waals surface area contributed by atoms with Crippen molar-refractivity contribution in [2.24, 2.45) is 0 Å². The second kappa shape index (κ2) is 3.92. The SMILES string of the molecule is Cc1nnsc1/C=C1\C(=O)N2C(C(=O)O)=CSC12. The number of thioether (sulfide) groups is 1. The van der Waals surface area contributed by atoms with Gasteiger partial charge in [-0.05, 0) is 24.5 Å². The van der Waals surface area contributed by atoms with E-state index in [0.29, 0.717) is 5.57 Å². The molecule has 1 fully saturated rings. The van der Waals surface area contributed by atoms with Crippen LogP contribution in [0.1, 0.15) is 10.6 Å². The summed E-state index contributed by atoms with van der Waals surface area (Å²) in [5.41, 5.74) is 1.42. The quantitative estimate of drug-likeness (QED) is 0.645. The molecule has 1 saturated heterocycles. The van der Waals surface area contributed by atoms with E-state index < -0.39 is 5.97 Å². The van der Waals surface area contributed by atoms with Gasteiger partial charge in [-0.1, -0.05) is 4.49 Å². The maximum absolute atomic E-state index is 11.9. The fourth-order valence-electron chi connectivity index (χ4n) is 1.78. The first-order valence-corrected chi connectivity index (χ1v) is 6.74. The molecule has 0 aliphatic carbocycles. The van der Waals surface area contributed by atoms with E-state index in [1.54, 1.807) is 6.08 Å². The van der Waals surface area contributed by atoms with Gasteiger partial charge in [-0.3, -0.25) is 9.69 Å². The maximum Gasteiger partial charge on any atom is 0.353 e. The summed E-state index contributed by atoms with van der Waals surface area (Å²) in [6.45, 7) is 1.82. The number of carboxylic acids is 1. The van der Waals surface area contributed by atoms with Crippen LogP contribution in [-0.4, -0.2) is 36.8 Å². The van der Waals surface area contributed by atoms with Gasteiger partial charge >= 0.3 is 5.97 Å². The molecule has 1 atom stereocenters. The number of hydrogen-bond acceptors (Lipinski definition) is 6. The molecule has 6 nitrogen and oxygen atoms in total. The van der Waals surface area contributed by atoms with Gasteiger partial charge in [0.2, 0.25) is 0 Å². The van der Waals surface area contributed by atoms with Crippen LogP contribution >= 0.6 is 23.3 Å². The number of carbonyl (C=O) groups excluding carboxylic acids is 1. The third-order valence-corrected chi connectivity index (χ3v) is 4.58. The zero-order valence-electron chi connectivity index (χ0n) is 9.15. The lowest BCUT2D eigenvalue weighted by Gasteiger charge is -2.37. The molecule has 3 heterocycles. The number of carboxylic acid groups (broad SMARTS) is 1. The molecule has 0 saturated carbocycles. The van der Waals surface area contributed by atoms with Gasteiger partial charge in [-0.15, -0.1) is 16.9 Å². The van der Waals surface area contributed by atoms with Gasteiger partial charge < -0.3 is 5.11 Å². The number of aromatic nitrogens is 2. The van der Waals surface area contributed by atoms with Crippen LogP contribution in [0.15, 0.2) is 16.7 Å². The first-order chi connectivity index (χ1) is 8.59. The Morgan fingerprint density at radius 2 is 2.39 bits per heavy atom. The second-order valence-electron chi connectivity index (χ2n) is 3.79. The van der Waals surface area contributed by atoms with E-state index in [1.165, 1.54) is 33.6 Å². The Morgan fingerprint density at radius 1 is 1.61 bits per heavy atom. The van der Waals surface area contributed by atoms with Crippen LogP contribution in [-0.2, 0) is 9.59 Å². The molecule has 1 aromatic heterocycles. The summed E-state index contributed by atoms with van der Waals surface area (Å²) >= 11 is 2.55. The first-order valence-electron chi connectivity index (χ1n) is 5.02. The molecule has 1 N–H and O–H groups in total. The molecule has 8 heteroatoms. The van der Waals surface area contributed by atoms with E-state index >= 15 is 0 Å². The lowest BCUT2D eigenvalue weighted by atomic mass is 10.0. The molecule has 3 rings (SSSR count). The molecule has 1 amide bonds. The molecule has 1 aromatic rings. The predicted molar refractivity (Wildman–Crippen MR) is 66.6 cm³/mol. The van der Waals surface area contributed by atoms with Crippen molar-refractivity contribution in [2.75, 3.05) is 0 Å². The molecular formula is C10H7N3O3S2. The second-order valence-corrected chi connectivity index (χ2v) is 5.53. The number of carbonyl (C=O) groups is 2. The van der Waals surface area contributed by atoms with Crippen molar-refractivity contribution in [2.45, 2.75) is 12.3 Å². The van der Waals surface area contributed by atoms with E-state index in [4.69, 9.17) is 5.11 Å². The fraction of sp³-hybridized carbons (Fsp3) is 0.200. The highest BCUT2D eigenvalue weighted by Crippen LogP contribution is 2.45. The van der Waals surface area contributed by atoms with Crippen molar-refractivity contribution in [3.63, 3.8) is 0 Å². The number of hydrogen-bond donors (Lipinski definition) is 1. The summed E-state index contributed by atoms with van der Waals surface area (Å²) in [6, 6.07) is 0. The molecule has 1 unspecified atom stereocenters. The van der Waals surface area contributed by atoms with Crippen LogP contribution in [0, 0.1) is 6.92 Å². The Bertz CT molecular complexity index is 620. The first kappa shape index (κ1) is 11.4. The van der Waals surface area contributed by atoms with Gasteiger partial charge in [0.1, 0.15) is 11.1 Å². The Morgan fingerprint density at radius 3 is 3.00 bits per heavy atom. The number of amides is 1. The van der Waals surface area contributed by atoms with E-state index in [0.717, 1.165) is 10.6 Å². The molecule has 0 spiro atoms. The topological polar surface area (TPSA) is 83.4 Å². The highest BCUT2D eigenvalue weighted by atomic mass is 32.2. The number of β-lactam (4-membered cyclic amide) rings is 1. The average Bonchev–Trinajstić information content (AvgIpc) is 2.90. The third-order valence-electron chi connectivity index (χ3n) is 2.73. The summed E-state index contributed by atoms with van der Waals surface area (Å²) in [5.74, 6) is -1.33. The van der Waals surface area contributed by atoms with Crippen LogP contribution < -0.4 is 0 Å². The zero-order chi connectivity index (χ0) is 12.9. The van der Waals surface area contributed by atoms with E-state index in [1.807, 2.05) is 6.92 Å². The van der Waals surface area contributed by atoms with Crippen molar-refractivity contribution < 1.29 is 14.7 Å². The standard InChI is InChI=1S/C10H7N3O3S2/c1-4-7(18-12-11-4)2-5-8(14)13-6(10(15)16)3-17-9(5)13/h2-3,9H,1H3,(H,15,16)/b5-2+. The van der Waals surface area contributed by atoms with Crippen molar-refractivity contribution >= 4 is 41.2 Å². The maximum atomic E-state index is 11.9. The molecular weight excluding hydrogens is 274 g/mol. The number of aryl methyl sites for hydroxylation is 1. The van der Waals surface area contributed by atoms with Crippen LogP contribution in [0.25, 0.3) is 6.08 Å². The van der Waals surface area contributed by atoms with Gasteiger partial charge in [0.25, 0.3) is 5.91 Å². The summed E-state index contributed by atoms with van der Waals surface area (Å²) in [5, 5.41) is 14.1. The molecule has 0 bridgehead atoms. The molecule has 18 heavy (non-hydrogen) atoms. The largest absolute Gasteiger partial charge is 0.477 e. The smallest absolute Gasteiger partial charge is 0.353 e. The summed E-state index contributed by atoms with van der Waals surface area (Å²) in [4.78, 5) is 24.9. The van der Waals surface area contributed by atoms with Crippen LogP contribution in [0.3, 0.4) is 0 Å². The zero-order valence-corrected chi connectivity index (χ0v) is 10.8. The van der Waals surface area contributed by atoms with Gasteiger partial charge in [-0.2, -0.15) is 0 Å².